The van der Waals surface area contributed by atoms with Crippen LogP contribution in [0.3, 0.4) is 0 Å². The Labute approximate surface area is 140 Å². The molecule has 1 fully saturated rings. The lowest BCUT2D eigenvalue weighted by Gasteiger charge is -2.24. The normalized spacial score (nSPS) is 21.4. The van der Waals surface area contributed by atoms with Crippen LogP contribution in [0, 0.1) is 5.92 Å². The molecule has 2 N–H and O–H groups in total. The minimum Gasteiger partial charge on any atom is -0.396 e. The molecule has 0 spiro atoms. The molecule has 6 nitrogen and oxygen atoms in total. The minimum absolute atomic E-state index is 0.0196. The quantitative estimate of drug-likeness (QED) is 0.832. The van der Waals surface area contributed by atoms with E-state index in [9.17, 15) is 14.7 Å². The second kappa shape index (κ2) is 7.57. The Morgan fingerprint density at radius 1 is 1.25 bits per heavy atom. The highest BCUT2D eigenvalue weighted by Gasteiger charge is 2.24. The first kappa shape index (κ1) is 16.6. The van der Waals surface area contributed by atoms with Gasteiger partial charge in [0.2, 0.25) is 5.91 Å². The molecule has 1 amide bonds. The zero-order valence-corrected chi connectivity index (χ0v) is 13.6. The van der Waals surface area contributed by atoms with Crippen LogP contribution in [-0.4, -0.2) is 33.2 Å². The number of amides is 1. The number of para-hydroxylation sites is 2. The average Bonchev–Trinajstić information content (AvgIpc) is 2.82. The maximum atomic E-state index is 12.5. The first-order chi connectivity index (χ1) is 11.7. The SMILES string of the molecule is O=C(Cn1c(=O)cnc2ccccc21)NC1CCCCCC1CO. The van der Waals surface area contributed by atoms with Crippen molar-refractivity contribution in [1.29, 1.82) is 0 Å². The van der Waals surface area contributed by atoms with Gasteiger partial charge in [0.05, 0.1) is 17.2 Å². The number of aromatic nitrogens is 2. The summed E-state index contributed by atoms with van der Waals surface area (Å²) in [6.45, 7) is 0.0552. The van der Waals surface area contributed by atoms with E-state index < -0.39 is 0 Å². The maximum Gasteiger partial charge on any atom is 0.269 e. The average molecular weight is 329 g/mol. The molecule has 1 heterocycles. The van der Waals surface area contributed by atoms with Gasteiger partial charge in [-0.05, 0) is 25.0 Å². The van der Waals surface area contributed by atoms with Crippen LogP contribution in [0.4, 0.5) is 0 Å². The van der Waals surface area contributed by atoms with Crippen LogP contribution in [-0.2, 0) is 11.3 Å². The van der Waals surface area contributed by atoms with Crippen molar-refractivity contribution in [2.24, 2.45) is 5.92 Å². The smallest absolute Gasteiger partial charge is 0.269 e. The summed E-state index contributed by atoms with van der Waals surface area (Å²) in [6, 6.07) is 7.26. The molecule has 1 aromatic carbocycles. The van der Waals surface area contributed by atoms with Crippen molar-refractivity contribution in [2.75, 3.05) is 6.61 Å². The third kappa shape index (κ3) is 3.64. The van der Waals surface area contributed by atoms with Gasteiger partial charge in [0.25, 0.3) is 5.56 Å². The summed E-state index contributed by atoms with van der Waals surface area (Å²) < 4.78 is 1.45. The number of aliphatic hydroxyl groups excluding tert-OH is 1. The van der Waals surface area contributed by atoms with Crippen molar-refractivity contribution in [2.45, 2.75) is 44.7 Å². The number of hydrogen-bond donors (Lipinski definition) is 2. The number of carbonyl (C=O) groups is 1. The largest absolute Gasteiger partial charge is 0.396 e. The van der Waals surface area contributed by atoms with Crippen LogP contribution in [0.15, 0.2) is 35.3 Å². The molecule has 1 saturated carbocycles. The van der Waals surface area contributed by atoms with Crippen LogP contribution in [0.1, 0.15) is 32.1 Å². The van der Waals surface area contributed by atoms with Crippen LogP contribution in [0.2, 0.25) is 0 Å². The Bertz CT molecular complexity index is 771. The van der Waals surface area contributed by atoms with E-state index in [-0.39, 0.29) is 36.6 Å². The molecule has 2 unspecified atom stereocenters. The number of nitrogens with one attached hydrogen (secondary N) is 1. The highest BCUT2D eigenvalue weighted by Crippen LogP contribution is 2.23. The van der Waals surface area contributed by atoms with Crippen molar-refractivity contribution in [3.63, 3.8) is 0 Å². The minimum atomic E-state index is -0.288. The van der Waals surface area contributed by atoms with E-state index in [1.807, 2.05) is 18.2 Å². The topological polar surface area (TPSA) is 84.2 Å². The molecule has 0 bridgehead atoms. The second-order valence-corrected chi connectivity index (χ2v) is 6.43. The number of carbonyl (C=O) groups excluding carboxylic acids is 1. The molecule has 2 aromatic rings. The van der Waals surface area contributed by atoms with Crippen LogP contribution >= 0.6 is 0 Å². The molecule has 128 valence electrons. The summed E-state index contributed by atoms with van der Waals surface area (Å²) in [5, 5.41) is 12.6. The fourth-order valence-corrected chi connectivity index (χ4v) is 3.47. The van der Waals surface area contributed by atoms with Crippen molar-refractivity contribution in [3.05, 3.63) is 40.8 Å². The maximum absolute atomic E-state index is 12.5. The third-order valence-electron chi connectivity index (χ3n) is 4.79. The van der Waals surface area contributed by atoms with Crippen LogP contribution in [0.25, 0.3) is 11.0 Å². The number of fused-ring (bicyclic) bond motifs is 1. The van der Waals surface area contributed by atoms with E-state index in [2.05, 4.69) is 10.3 Å². The monoisotopic (exact) mass is 329 g/mol. The van der Waals surface area contributed by atoms with Gasteiger partial charge < -0.3 is 10.4 Å². The summed E-state index contributed by atoms with van der Waals surface area (Å²) in [6.07, 6.45) is 6.34. The van der Waals surface area contributed by atoms with Gasteiger partial charge in [-0.2, -0.15) is 0 Å². The molecule has 6 heteroatoms. The highest BCUT2D eigenvalue weighted by atomic mass is 16.3. The van der Waals surface area contributed by atoms with Gasteiger partial charge in [-0.1, -0.05) is 31.4 Å². The lowest BCUT2D eigenvalue weighted by molar-refractivity contribution is -0.122. The summed E-state index contributed by atoms with van der Waals surface area (Å²) in [7, 11) is 0. The van der Waals surface area contributed by atoms with E-state index in [0.717, 1.165) is 32.1 Å². The van der Waals surface area contributed by atoms with E-state index in [0.29, 0.717) is 11.0 Å². The second-order valence-electron chi connectivity index (χ2n) is 6.43. The van der Waals surface area contributed by atoms with E-state index >= 15 is 0 Å². The standard InChI is InChI=1S/C18H23N3O3/c22-12-13-6-2-1-3-7-14(13)20-17(23)11-21-16-9-5-4-8-15(16)19-10-18(21)24/h4-5,8-10,13-14,22H,1-3,6-7,11-12H2,(H,20,23). The van der Waals surface area contributed by atoms with Crippen LogP contribution < -0.4 is 10.9 Å². The molecule has 0 saturated heterocycles. The molecule has 2 atom stereocenters. The van der Waals surface area contributed by atoms with E-state index in [4.69, 9.17) is 0 Å². The molecule has 0 radical (unpaired) electrons. The van der Waals surface area contributed by atoms with Gasteiger partial charge in [-0.3, -0.25) is 14.2 Å². The van der Waals surface area contributed by atoms with Crippen LogP contribution in [0.5, 0.6) is 0 Å². The van der Waals surface area contributed by atoms with Crippen molar-refractivity contribution in [1.82, 2.24) is 14.9 Å². The predicted molar refractivity (Wildman–Crippen MR) is 91.6 cm³/mol. The number of nitrogens with zero attached hydrogens (tertiary/aromatic N) is 2. The Morgan fingerprint density at radius 2 is 2.04 bits per heavy atom. The highest BCUT2D eigenvalue weighted by molar-refractivity contribution is 5.80. The Kier molecular flexibility index (Phi) is 5.25. The van der Waals surface area contributed by atoms with E-state index in [1.54, 1.807) is 6.07 Å². The Morgan fingerprint density at radius 3 is 2.88 bits per heavy atom. The summed E-state index contributed by atoms with van der Waals surface area (Å²) >= 11 is 0. The third-order valence-corrected chi connectivity index (χ3v) is 4.79. The summed E-state index contributed by atoms with van der Waals surface area (Å²) in [5.41, 5.74) is 1.05. The first-order valence-electron chi connectivity index (χ1n) is 8.54. The molecule has 1 aliphatic rings. The van der Waals surface area contributed by atoms with Gasteiger partial charge in [0.1, 0.15) is 6.54 Å². The summed E-state index contributed by atoms with van der Waals surface area (Å²) in [5.74, 6) is -0.0961. The van der Waals surface area contributed by atoms with Gasteiger partial charge in [-0.15, -0.1) is 0 Å². The van der Waals surface area contributed by atoms with Crippen molar-refractivity contribution < 1.29 is 9.90 Å². The predicted octanol–water partition coefficient (Wildman–Crippen LogP) is 1.45. The molecule has 3 rings (SSSR count). The number of benzene rings is 1. The van der Waals surface area contributed by atoms with Gasteiger partial charge in [0.15, 0.2) is 0 Å². The Hall–Kier alpha value is -2.21. The molecule has 1 aliphatic carbocycles. The van der Waals surface area contributed by atoms with Gasteiger partial charge in [-0.25, -0.2) is 4.98 Å². The lowest BCUT2D eigenvalue weighted by Crippen LogP contribution is -2.43. The molecule has 24 heavy (non-hydrogen) atoms. The fraction of sp³-hybridized carbons (Fsp3) is 0.500. The molecule has 0 aliphatic heterocycles. The zero-order valence-electron chi connectivity index (χ0n) is 13.6. The lowest BCUT2D eigenvalue weighted by atomic mass is 9.95. The summed E-state index contributed by atoms with van der Waals surface area (Å²) in [4.78, 5) is 28.7. The van der Waals surface area contributed by atoms with Gasteiger partial charge in [0, 0.05) is 18.6 Å². The number of aliphatic hydroxyl groups is 1. The zero-order chi connectivity index (χ0) is 16.9. The number of rotatable bonds is 4. The van der Waals surface area contributed by atoms with Crippen molar-refractivity contribution in [3.8, 4) is 0 Å². The molecule has 1 aromatic heterocycles. The molecular weight excluding hydrogens is 306 g/mol. The molecular formula is C18H23N3O3. The Balaban J connectivity index is 1.77. The van der Waals surface area contributed by atoms with Gasteiger partial charge >= 0.3 is 0 Å². The fourth-order valence-electron chi connectivity index (χ4n) is 3.47. The van der Waals surface area contributed by atoms with Crippen molar-refractivity contribution >= 4 is 16.9 Å². The van der Waals surface area contributed by atoms with E-state index in [1.165, 1.54) is 10.8 Å². The first-order valence-corrected chi connectivity index (χ1v) is 8.54. The number of hydrogen-bond acceptors (Lipinski definition) is 4.